The Balaban J connectivity index is 1.12. The molecule has 0 saturated heterocycles. The molecule has 0 spiro atoms. The first-order valence-electron chi connectivity index (χ1n) is 21.6. The zero-order valence-corrected chi connectivity index (χ0v) is 34.7. The molecular formula is C49H72FNO2. The number of alkyl halides is 1. The van der Waals surface area contributed by atoms with Crippen LogP contribution in [0.2, 0.25) is 0 Å². The first-order valence-corrected chi connectivity index (χ1v) is 21.6. The van der Waals surface area contributed by atoms with Crippen molar-refractivity contribution >= 4 is 5.97 Å². The van der Waals surface area contributed by atoms with E-state index in [1.165, 1.54) is 74.5 Å². The number of rotatable bonds is 10. The second-order valence-electron chi connectivity index (χ2n) is 20.9. The SMILES string of the molecule is C=C(C)[C@@H]1CC[C@]2(NCCC(C)C)CC[C@]3(C)[C@H](CC[C@@H]4[C@@]5(C)CC=C(C6=CC[C@](CF)(C(=O)OCc7ccccc7)CC6)C(C)(C)[C@@H]5CC[C@]43C)[C@@H]12. The minimum absolute atomic E-state index is 0.0278. The molecule has 1 aromatic carbocycles. The minimum Gasteiger partial charge on any atom is -0.460 e. The van der Waals surface area contributed by atoms with Gasteiger partial charge in [0.25, 0.3) is 0 Å². The van der Waals surface area contributed by atoms with Gasteiger partial charge in [0, 0.05) is 5.54 Å². The largest absolute Gasteiger partial charge is 0.460 e. The van der Waals surface area contributed by atoms with Gasteiger partial charge in [-0.2, -0.15) is 0 Å². The van der Waals surface area contributed by atoms with Crippen LogP contribution in [-0.2, 0) is 16.1 Å². The van der Waals surface area contributed by atoms with Crippen LogP contribution in [0.5, 0.6) is 0 Å². The molecule has 7 rings (SSSR count). The number of nitrogens with one attached hydrogen (secondary N) is 1. The van der Waals surface area contributed by atoms with Crippen molar-refractivity contribution in [3.8, 4) is 0 Å². The molecule has 0 aromatic heterocycles. The Bertz CT molecular complexity index is 1610. The predicted octanol–water partition coefficient (Wildman–Crippen LogP) is 12.4. The van der Waals surface area contributed by atoms with Crippen molar-refractivity contribution < 1.29 is 13.9 Å². The van der Waals surface area contributed by atoms with E-state index in [9.17, 15) is 9.18 Å². The van der Waals surface area contributed by atoms with Crippen LogP contribution in [0, 0.1) is 62.6 Å². The average Bonchev–Trinajstić information content (AvgIpc) is 3.51. The first kappa shape index (κ1) is 39.1. The number of ether oxygens (including phenoxy) is 1. The number of carbonyl (C=O) groups excluding carboxylic acids is 1. The zero-order valence-electron chi connectivity index (χ0n) is 34.7. The van der Waals surface area contributed by atoms with E-state index < -0.39 is 18.1 Å². The third-order valence-electron chi connectivity index (χ3n) is 17.7. The van der Waals surface area contributed by atoms with Crippen molar-refractivity contribution in [2.24, 2.45) is 62.6 Å². The lowest BCUT2D eigenvalue weighted by molar-refractivity contribution is -0.221. The van der Waals surface area contributed by atoms with Gasteiger partial charge < -0.3 is 10.1 Å². The molecule has 10 atom stereocenters. The monoisotopic (exact) mass is 726 g/mol. The summed E-state index contributed by atoms with van der Waals surface area (Å²) in [6.45, 7) is 25.5. The van der Waals surface area contributed by atoms with Crippen LogP contribution in [0.4, 0.5) is 4.39 Å². The second kappa shape index (κ2) is 14.1. The fraction of sp³-hybridized carbons (Fsp3) is 0.735. The van der Waals surface area contributed by atoms with Gasteiger partial charge in [0.15, 0.2) is 0 Å². The predicted molar refractivity (Wildman–Crippen MR) is 217 cm³/mol. The molecule has 1 aromatic rings. The number of hydrogen-bond acceptors (Lipinski definition) is 3. The van der Waals surface area contributed by atoms with E-state index >= 15 is 0 Å². The highest BCUT2D eigenvalue weighted by Crippen LogP contribution is 2.76. The maximum atomic E-state index is 14.7. The smallest absolute Gasteiger partial charge is 0.315 e. The van der Waals surface area contributed by atoms with Crippen LogP contribution in [-0.4, -0.2) is 24.7 Å². The quantitative estimate of drug-likeness (QED) is 0.193. The molecule has 0 unspecified atom stereocenters. The van der Waals surface area contributed by atoms with Crippen LogP contribution in [0.3, 0.4) is 0 Å². The second-order valence-corrected chi connectivity index (χ2v) is 20.9. The lowest BCUT2D eigenvalue weighted by Gasteiger charge is -2.72. The molecule has 0 bridgehead atoms. The summed E-state index contributed by atoms with van der Waals surface area (Å²) < 4.78 is 20.4. The highest BCUT2D eigenvalue weighted by molar-refractivity contribution is 5.78. The molecule has 53 heavy (non-hydrogen) atoms. The molecule has 4 saturated carbocycles. The highest BCUT2D eigenvalue weighted by Gasteiger charge is 2.70. The topological polar surface area (TPSA) is 38.3 Å². The maximum Gasteiger partial charge on any atom is 0.315 e. The van der Waals surface area contributed by atoms with Crippen molar-refractivity contribution in [1.82, 2.24) is 5.32 Å². The third-order valence-corrected chi connectivity index (χ3v) is 17.7. The van der Waals surface area contributed by atoms with Gasteiger partial charge in [-0.05, 0) is 171 Å². The molecule has 6 aliphatic rings. The van der Waals surface area contributed by atoms with Crippen molar-refractivity contribution in [2.75, 3.05) is 13.2 Å². The molecule has 1 N–H and O–H groups in total. The fourth-order valence-electron chi connectivity index (χ4n) is 14.6. The van der Waals surface area contributed by atoms with Crippen LogP contribution in [0.25, 0.3) is 0 Å². The Kier molecular flexibility index (Phi) is 10.4. The molecule has 0 amide bonds. The molecular weight excluding hydrogens is 654 g/mol. The molecule has 4 fully saturated rings. The molecule has 3 nitrogen and oxygen atoms in total. The highest BCUT2D eigenvalue weighted by atomic mass is 19.1. The summed E-state index contributed by atoms with van der Waals surface area (Å²) in [5.41, 5.74) is 5.32. The lowest BCUT2D eigenvalue weighted by atomic mass is 9.33. The molecule has 292 valence electrons. The fourth-order valence-corrected chi connectivity index (χ4v) is 14.6. The van der Waals surface area contributed by atoms with Gasteiger partial charge in [0.05, 0.1) is 5.41 Å². The number of carbonyl (C=O) groups is 1. The third kappa shape index (κ3) is 6.17. The first-order chi connectivity index (χ1) is 25.1. The summed E-state index contributed by atoms with van der Waals surface area (Å²) in [5.74, 6) is 3.74. The van der Waals surface area contributed by atoms with Crippen LogP contribution >= 0.6 is 0 Å². The average molecular weight is 726 g/mol. The molecule has 6 aliphatic carbocycles. The van der Waals surface area contributed by atoms with E-state index in [4.69, 9.17) is 4.74 Å². The van der Waals surface area contributed by atoms with E-state index in [1.54, 1.807) is 0 Å². The van der Waals surface area contributed by atoms with Crippen molar-refractivity contribution in [2.45, 2.75) is 151 Å². The van der Waals surface area contributed by atoms with Crippen LogP contribution in [0.1, 0.15) is 144 Å². The van der Waals surface area contributed by atoms with Gasteiger partial charge in [-0.1, -0.05) is 103 Å². The van der Waals surface area contributed by atoms with Crippen molar-refractivity contribution in [3.63, 3.8) is 0 Å². The molecule has 0 radical (unpaired) electrons. The van der Waals surface area contributed by atoms with E-state index in [1.807, 2.05) is 30.3 Å². The van der Waals surface area contributed by atoms with Crippen LogP contribution in [0.15, 0.2) is 65.8 Å². The number of hydrogen-bond donors (Lipinski definition) is 1. The Labute approximate surface area is 322 Å². The van der Waals surface area contributed by atoms with Gasteiger partial charge in [-0.15, -0.1) is 0 Å². The van der Waals surface area contributed by atoms with E-state index in [2.05, 4.69) is 79.4 Å². The Morgan fingerprint density at radius 2 is 1.66 bits per heavy atom. The van der Waals surface area contributed by atoms with Gasteiger partial charge in [0.2, 0.25) is 0 Å². The number of allylic oxidation sites excluding steroid dienone is 5. The number of halogens is 1. The Morgan fingerprint density at radius 1 is 0.906 bits per heavy atom. The van der Waals surface area contributed by atoms with Crippen LogP contribution < -0.4 is 5.32 Å². The van der Waals surface area contributed by atoms with E-state index in [0.29, 0.717) is 47.3 Å². The molecule has 0 heterocycles. The summed E-state index contributed by atoms with van der Waals surface area (Å²) >= 11 is 0. The van der Waals surface area contributed by atoms with E-state index in [0.717, 1.165) is 36.8 Å². The van der Waals surface area contributed by atoms with Gasteiger partial charge >= 0.3 is 5.97 Å². The number of benzene rings is 1. The normalized spacial score (nSPS) is 41.7. The maximum absolute atomic E-state index is 14.7. The van der Waals surface area contributed by atoms with E-state index in [-0.39, 0.29) is 23.0 Å². The van der Waals surface area contributed by atoms with Gasteiger partial charge in [-0.3, -0.25) is 4.79 Å². The minimum atomic E-state index is -1.07. The Hall–Kier alpha value is -2.20. The number of esters is 1. The Morgan fingerprint density at radius 3 is 2.32 bits per heavy atom. The van der Waals surface area contributed by atoms with Gasteiger partial charge in [-0.25, -0.2) is 4.39 Å². The summed E-state index contributed by atoms with van der Waals surface area (Å²) in [6.07, 6.45) is 19.5. The molecule has 4 heteroatoms. The summed E-state index contributed by atoms with van der Waals surface area (Å²) in [6, 6.07) is 9.72. The van der Waals surface area contributed by atoms with Gasteiger partial charge in [0.1, 0.15) is 13.3 Å². The van der Waals surface area contributed by atoms with Crippen molar-refractivity contribution in [1.29, 1.82) is 0 Å². The lowest BCUT2D eigenvalue weighted by Crippen LogP contribution is -2.68. The summed E-state index contributed by atoms with van der Waals surface area (Å²) in [7, 11) is 0. The number of fused-ring (bicyclic) bond motifs is 7. The summed E-state index contributed by atoms with van der Waals surface area (Å²) in [4.78, 5) is 13.3. The standard InChI is InChI=1S/C49H72FNO2/c1-33(2)22-30-51-49-27-19-37(34(3)4)42(49)39-15-16-41-45(7)23-20-38(44(5,6)40(45)21-24-47(41,9)46(39,8)28-29-49)36-17-25-48(32-50,26-18-36)43(52)53-31-35-13-11-10-12-14-35/h10-14,17,20,33,37,39-42,51H,3,15-16,18-19,21-32H2,1-2,4-9H3/t37-,39+,40-,41+,42+,45-,46+,47+,48-,49-/m0/s1. The molecule has 0 aliphatic heterocycles. The van der Waals surface area contributed by atoms with Crippen molar-refractivity contribution in [3.05, 3.63) is 71.3 Å². The zero-order chi connectivity index (χ0) is 38.0. The summed E-state index contributed by atoms with van der Waals surface area (Å²) in [5, 5.41) is 4.27.